The highest BCUT2D eigenvalue weighted by Crippen LogP contribution is 2.27. The van der Waals surface area contributed by atoms with Gasteiger partial charge >= 0.3 is 25.0 Å². The van der Waals surface area contributed by atoms with E-state index in [4.69, 9.17) is 35.5 Å². The van der Waals surface area contributed by atoms with Crippen LogP contribution in [0.1, 0.15) is 88.5 Å². The van der Waals surface area contributed by atoms with Crippen molar-refractivity contribution in [1.82, 2.24) is 5.32 Å². The van der Waals surface area contributed by atoms with Crippen LogP contribution in [0.2, 0.25) is 0 Å². The molecule has 0 saturated carbocycles. The highest BCUT2D eigenvalue weighted by atomic mass is 79.9. The first-order valence-corrected chi connectivity index (χ1v) is 31.3. The summed E-state index contributed by atoms with van der Waals surface area (Å²) in [5.74, 6) is -5.04. The van der Waals surface area contributed by atoms with E-state index in [0.29, 0.717) is 81.5 Å². The first kappa shape index (κ1) is 88.5. The smallest absolute Gasteiger partial charge is 0.478 e. The van der Waals surface area contributed by atoms with Crippen molar-refractivity contribution in [2.75, 3.05) is 20.8 Å². The lowest BCUT2D eigenvalue weighted by Crippen LogP contribution is -2.29. The van der Waals surface area contributed by atoms with Gasteiger partial charge in [0, 0.05) is 45.6 Å². The van der Waals surface area contributed by atoms with E-state index < -0.39 is 49.1 Å². The maximum atomic E-state index is 13.2. The molecule has 19 nitrogen and oxygen atoms in total. The van der Waals surface area contributed by atoms with Crippen LogP contribution in [0.3, 0.4) is 0 Å². The number of aliphatic hydroxyl groups is 1. The molecule has 0 aliphatic heterocycles. The first-order chi connectivity index (χ1) is 50.4. The van der Waals surface area contributed by atoms with E-state index in [1.54, 1.807) is 103 Å². The van der Waals surface area contributed by atoms with Gasteiger partial charge in [0.25, 0.3) is 25.3 Å². The molecule has 10 aromatic rings. The lowest BCUT2D eigenvalue weighted by atomic mass is 9.80. The Bertz CT molecular complexity index is 4470. The number of hydrogen-bond donors (Lipinski definition) is 6. The van der Waals surface area contributed by atoms with Crippen LogP contribution in [0.25, 0.3) is 33.4 Å². The predicted molar refractivity (Wildman–Crippen MR) is 392 cm³/mol. The van der Waals surface area contributed by atoms with Crippen LogP contribution in [0.5, 0.6) is 0 Å². The van der Waals surface area contributed by atoms with Gasteiger partial charge in [-0.25, -0.2) is 40.7 Å². The molecule has 10 rings (SSSR count). The fourth-order valence-corrected chi connectivity index (χ4v) is 9.39. The molecule has 0 aliphatic carbocycles. The third-order valence-corrected chi connectivity index (χ3v) is 14.3. The van der Waals surface area contributed by atoms with Crippen LogP contribution in [0, 0.1) is 34.9 Å². The molecule has 0 unspecified atom stereocenters. The fourth-order valence-electron chi connectivity index (χ4n) is 8.85. The number of amides is 1. The molecule has 0 atom stereocenters. The van der Waals surface area contributed by atoms with Gasteiger partial charge in [-0.2, -0.15) is 0 Å². The molecule has 0 fully saturated rings. The Morgan fingerprint density at radius 3 is 1.15 bits per heavy atom. The number of rotatable bonds is 22. The molecule has 0 aromatic heterocycles. The van der Waals surface area contributed by atoms with Gasteiger partial charge < -0.3 is 55.0 Å². The Kier molecular flexibility index (Phi) is 39.7. The number of nitrogens with one attached hydrogen (secondary N) is 1. The van der Waals surface area contributed by atoms with Gasteiger partial charge in [-0.15, -0.1) is 0 Å². The van der Waals surface area contributed by atoms with E-state index >= 15 is 0 Å². The van der Waals surface area contributed by atoms with Crippen molar-refractivity contribution in [2.45, 2.75) is 40.3 Å². The number of benzene rings is 10. The number of carbonyl (C=O) groups excluding carboxylic acids is 7. The van der Waals surface area contributed by atoms with Crippen molar-refractivity contribution >= 4 is 93.0 Å². The van der Waals surface area contributed by atoms with Crippen LogP contribution in [0.15, 0.2) is 223 Å². The Balaban J connectivity index is 0.000000448. The summed E-state index contributed by atoms with van der Waals surface area (Å²) in [5, 5.41) is 38.0. The highest BCUT2D eigenvalue weighted by Gasteiger charge is 2.17. The molecule has 0 bridgehead atoms. The average molecular weight is 1520 g/mol. The normalized spacial score (nSPS) is 9.75. The second-order valence-corrected chi connectivity index (χ2v) is 22.1. The molecule has 0 heterocycles. The number of Topliss-reactive ketones (excluding diaryl/α,β-unsaturated/α-hetero) is 1. The average Bonchev–Trinajstić information content (AvgIpc) is 0.808. The number of carbonyl (C=O) groups is 8. The van der Waals surface area contributed by atoms with Crippen molar-refractivity contribution < 1.29 is 110 Å². The summed E-state index contributed by atoms with van der Waals surface area (Å²) in [6.45, 7) is 1.12. The number of methoxy groups -OCH3 is 2. The largest absolute Gasteiger partial charge is 0.488 e. The van der Waals surface area contributed by atoms with E-state index in [0.717, 1.165) is 26.7 Å². The van der Waals surface area contributed by atoms with Crippen molar-refractivity contribution in [3.63, 3.8) is 0 Å². The second-order valence-electron chi connectivity index (χ2n) is 21.2. The number of esters is 2. The lowest BCUT2D eigenvalue weighted by Gasteiger charge is -2.10. The van der Waals surface area contributed by atoms with Crippen LogP contribution in [0.4, 0.5) is 26.3 Å². The maximum Gasteiger partial charge on any atom is 0.488 e. The molecule has 7 N–H and O–H groups in total. The predicted octanol–water partition coefficient (Wildman–Crippen LogP) is 12.4. The molecular weight excluding hydrogens is 1450 g/mol. The zero-order valence-electron chi connectivity index (χ0n) is 55.8. The molecule has 29 heteroatoms. The molecule has 0 saturated heterocycles. The molecule has 4 radical (unpaired) electrons. The fraction of sp³-hybridized carbons (Fsp3) is 0.117. The number of carboxylic acid groups (broad SMARTS) is 1. The summed E-state index contributed by atoms with van der Waals surface area (Å²) in [6.07, 6.45) is 0. The second kappa shape index (κ2) is 47.5. The first-order valence-electron chi connectivity index (χ1n) is 30.5. The highest BCUT2D eigenvalue weighted by molar-refractivity contribution is 9.10. The molecule has 106 heavy (non-hydrogen) atoms. The van der Waals surface area contributed by atoms with Gasteiger partial charge in [-0.3, -0.25) is 24.0 Å². The Hall–Kier alpha value is -11.7. The van der Waals surface area contributed by atoms with Crippen LogP contribution in [-0.4, -0.2) is 113 Å². The maximum absolute atomic E-state index is 13.2. The third kappa shape index (κ3) is 31.1. The van der Waals surface area contributed by atoms with Crippen molar-refractivity contribution in [1.29, 1.82) is 0 Å². The van der Waals surface area contributed by atoms with Crippen molar-refractivity contribution in [3.8, 4) is 33.4 Å². The summed E-state index contributed by atoms with van der Waals surface area (Å²) < 4.78 is 100. The summed E-state index contributed by atoms with van der Waals surface area (Å²) >= 11 is 3.25. The number of hydrogen-bond acceptors (Lipinski definition) is 17. The van der Waals surface area contributed by atoms with Gasteiger partial charge in [-0.1, -0.05) is 96.2 Å². The number of carboxylic acids is 1. The minimum absolute atomic E-state index is 0. The Morgan fingerprint density at radius 2 is 0.783 bits per heavy atom. The molecule has 0 spiro atoms. The summed E-state index contributed by atoms with van der Waals surface area (Å²) in [7, 11) is 9.08. The molecule has 1 amide bonds. The standard InChI is InChI=1S/C22H17F2NO3.C16H13FO4.C15H11FO4.C10H9BrO4.C7H8FN.C6H6BFO2.CH4.B2.H2/c23-19-5-1-14(2-6-19)12-25-22(28)18-10-16(9-17(11-18)21(27)13-26)15-3-7-20(24)8-4-15;1-20-16(19)14-7-11(9-21-10-18)6-13(8-14)12-2-4-15(17)5-3-12;16-14-3-1-11(2-4-14)12-5-10(8-20-9-17)6-13(7-12)15(18)19;1-14-10(13)8-2-7(5-15-6-12)3-9(11)4-8;8-7-3-1-6(5-9)2-4-7;8-6-3-1-5(2-4-6)7(9)10;;1-2;/h1-11,26H,12-13H2,(H,25,28);2-8,10H,9H2,1H3;1-7,9H,8H2,(H,18,19);2-4,6H,5H2,1H3;1-4H,5,9H2;1-4,9-10H;1H4;;1H. The van der Waals surface area contributed by atoms with Crippen LogP contribution >= 0.6 is 15.9 Å². The van der Waals surface area contributed by atoms with Gasteiger partial charge in [0.1, 0.15) is 61.3 Å². The topological polar surface area (TPSA) is 302 Å². The molecule has 548 valence electrons. The third-order valence-electron chi connectivity index (χ3n) is 13.9. The Morgan fingerprint density at radius 1 is 0.453 bits per heavy atom. The Labute approximate surface area is 619 Å². The monoisotopic (exact) mass is 1520 g/mol. The van der Waals surface area contributed by atoms with E-state index in [1.807, 2.05) is 0 Å². The number of nitrogens with two attached hydrogens (primary N) is 1. The van der Waals surface area contributed by atoms with Gasteiger partial charge in [0.15, 0.2) is 5.78 Å². The number of aliphatic hydroxyl groups excluding tert-OH is 1. The summed E-state index contributed by atoms with van der Waals surface area (Å²) in [6, 6.07) is 53.2. The zero-order chi connectivity index (χ0) is 77.4. The molecule has 0 aliphatic rings. The van der Waals surface area contributed by atoms with Crippen molar-refractivity contribution in [3.05, 3.63) is 313 Å². The zero-order valence-corrected chi connectivity index (χ0v) is 57.4. The van der Waals surface area contributed by atoms with Crippen molar-refractivity contribution in [2.24, 2.45) is 5.73 Å². The van der Waals surface area contributed by atoms with Gasteiger partial charge in [-0.05, 0) is 212 Å². The van der Waals surface area contributed by atoms with E-state index in [9.17, 15) is 64.7 Å². The minimum atomic E-state index is -1.51. The SMILES string of the molecule is C.COC(=O)c1cc(Br)cc(COC=O)c1.COC(=O)c1cc(COC=O)cc(-c2ccc(F)cc2)c1.NCc1ccc(F)cc1.O=C(CO)c1cc(C(=O)NCc2ccc(F)cc2)cc(-c2ccc(F)cc2)c1.O=COCc1cc(C(=O)O)cc(-c2ccc(F)cc2)c1.OB(O)c1ccc(F)cc1.[B][B].[HH]. The van der Waals surface area contributed by atoms with E-state index in [1.165, 1.54) is 129 Å². The van der Waals surface area contributed by atoms with Crippen LogP contribution in [-0.2, 0) is 71.0 Å². The van der Waals surface area contributed by atoms with Gasteiger partial charge in [0.2, 0.25) is 0 Å². The molecule has 10 aromatic carbocycles. The van der Waals surface area contributed by atoms with E-state index in [-0.39, 0.29) is 81.0 Å². The summed E-state index contributed by atoms with van der Waals surface area (Å²) in [4.78, 5) is 89.1. The lowest BCUT2D eigenvalue weighted by molar-refractivity contribution is -0.130. The summed E-state index contributed by atoms with van der Waals surface area (Å²) in [5.41, 5.74) is 14.3. The van der Waals surface area contributed by atoms with E-state index in [2.05, 4.69) is 50.9 Å². The minimum Gasteiger partial charge on any atom is -0.478 e. The number of halogens is 7. The number of ether oxygens (including phenoxy) is 5. The number of ketones is 1. The number of aromatic carboxylic acids is 1. The van der Waals surface area contributed by atoms with Crippen LogP contribution < -0.4 is 16.5 Å². The quantitative estimate of drug-likeness (QED) is 0.00917. The van der Waals surface area contributed by atoms with Gasteiger partial charge in [0.05, 0.1) is 30.9 Å². The molecular formula is C77H70B3BrF6N2O17.